The van der Waals surface area contributed by atoms with Crippen LogP contribution in [0.1, 0.15) is 16.1 Å². The van der Waals surface area contributed by atoms with Crippen LogP contribution in [0.25, 0.3) is 10.9 Å². The number of aromatic nitrogens is 2. The molecule has 1 aromatic carbocycles. The van der Waals surface area contributed by atoms with Gasteiger partial charge in [-0.05, 0) is 30.7 Å². The monoisotopic (exact) mass is 293 g/mol. The average Bonchev–Trinajstić information content (AvgIpc) is 2.26. The maximum Gasteiger partial charge on any atom is 0.273 e. The zero-order valence-corrected chi connectivity index (χ0v) is 11.4. The van der Waals surface area contributed by atoms with Gasteiger partial charge >= 0.3 is 0 Å². The van der Waals surface area contributed by atoms with Crippen LogP contribution in [0.2, 0.25) is 0 Å². The summed E-state index contributed by atoms with van der Waals surface area (Å²) < 4.78 is 0.971. The topological polar surface area (TPSA) is 46.1 Å². The van der Waals surface area contributed by atoms with Crippen molar-refractivity contribution in [2.24, 2.45) is 0 Å². The van der Waals surface area contributed by atoms with Crippen LogP contribution in [0, 0.1) is 6.92 Å². The number of nitrogens with zero attached hydrogens (tertiary/aromatic N) is 3. The molecule has 4 nitrogen and oxygen atoms in total. The molecule has 88 valence electrons. The molecular weight excluding hydrogens is 282 g/mol. The molecule has 2 rings (SSSR count). The van der Waals surface area contributed by atoms with Crippen LogP contribution in [0.3, 0.4) is 0 Å². The second-order valence-electron chi connectivity index (χ2n) is 4.09. The van der Waals surface area contributed by atoms with Gasteiger partial charge in [-0.3, -0.25) is 4.79 Å². The molecule has 0 aliphatic heterocycles. The molecule has 0 atom stereocenters. The van der Waals surface area contributed by atoms with Crippen molar-refractivity contribution in [3.05, 3.63) is 33.9 Å². The summed E-state index contributed by atoms with van der Waals surface area (Å²) in [6.45, 7) is 1.97. The summed E-state index contributed by atoms with van der Waals surface area (Å²) >= 11 is 3.43. The Labute approximate surface area is 108 Å². The summed E-state index contributed by atoms with van der Waals surface area (Å²) in [5.74, 6) is -0.142. The third-order valence-corrected chi connectivity index (χ3v) is 2.93. The van der Waals surface area contributed by atoms with Crippen LogP contribution < -0.4 is 0 Å². The maximum atomic E-state index is 11.8. The Kier molecular flexibility index (Phi) is 3.11. The van der Waals surface area contributed by atoms with E-state index in [-0.39, 0.29) is 5.91 Å². The van der Waals surface area contributed by atoms with Crippen molar-refractivity contribution in [2.45, 2.75) is 6.92 Å². The van der Waals surface area contributed by atoms with Crippen molar-refractivity contribution in [1.29, 1.82) is 0 Å². The van der Waals surface area contributed by atoms with E-state index in [0.717, 1.165) is 20.9 Å². The van der Waals surface area contributed by atoms with Crippen LogP contribution >= 0.6 is 15.9 Å². The Morgan fingerprint density at radius 3 is 2.59 bits per heavy atom. The molecular formula is C12H12BrN3O. The Balaban J connectivity index is 2.62. The molecule has 1 heterocycles. The number of carbonyl (C=O) groups is 1. The first-order valence-corrected chi connectivity index (χ1v) is 5.93. The fourth-order valence-corrected chi connectivity index (χ4v) is 2.21. The number of halogens is 1. The number of rotatable bonds is 1. The standard InChI is InChI=1S/C12H12BrN3O/c1-7-4-9(13)5-8-6-10(12(17)16(2)3)14-15-11(7)8/h4-6H,1-3H3. The van der Waals surface area contributed by atoms with Gasteiger partial charge in [0, 0.05) is 24.0 Å². The van der Waals surface area contributed by atoms with Crippen LogP contribution in [-0.4, -0.2) is 35.1 Å². The van der Waals surface area contributed by atoms with Gasteiger partial charge in [-0.15, -0.1) is 10.2 Å². The molecule has 0 aliphatic rings. The highest BCUT2D eigenvalue weighted by Crippen LogP contribution is 2.22. The molecule has 0 unspecified atom stereocenters. The lowest BCUT2D eigenvalue weighted by atomic mass is 10.1. The summed E-state index contributed by atoms with van der Waals surface area (Å²) in [5.41, 5.74) is 2.22. The SMILES string of the molecule is Cc1cc(Br)cc2cc(C(=O)N(C)C)nnc12. The van der Waals surface area contributed by atoms with Gasteiger partial charge in [0.1, 0.15) is 0 Å². The highest BCUT2D eigenvalue weighted by molar-refractivity contribution is 9.10. The first kappa shape index (κ1) is 12.0. The lowest BCUT2D eigenvalue weighted by molar-refractivity contribution is 0.0821. The largest absolute Gasteiger partial charge is 0.343 e. The molecule has 0 aliphatic carbocycles. The van der Waals surface area contributed by atoms with Crippen molar-refractivity contribution in [2.75, 3.05) is 14.1 Å². The van der Waals surface area contributed by atoms with Gasteiger partial charge in [-0.1, -0.05) is 15.9 Å². The lowest BCUT2D eigenvalue weighted by Crippen LogP contribution is -2.23. The van der Waals surface area contributed by atoms with Gasteiger partial charge in [-0.2, -0.15) is 0 Å². The molecule has 5 heteroatoms. The maximum absolute atomic E-state index is 11.8. The van der Waals surface area contributed by atoms with Crippen LogP contribution in [-0.2, 0) is 0 Å². The van der Waals surface area contributed by atoms with E-state index in [0.29, 0.717) is 5.69 Å². The van der Waals surface area contributed by atoms with Crippen molar-refractivity contribution >= 4 is 32.7 Å². The number of hydrogen-bond acceptors (Lipinski definition) is 3. The van der Waals surface area contributed by atoms with E-state index in [2.05, 4.69) is 26.1 Å². The minimum Gasteiger partial charge on any atom is -0.343 e. The molecule has 0 saturated heterocycles. The van der Waals surface area contributed by atoms with Crippen LogP contribution in [0.15, 0.2) is 22.7 Å². The van der Waals surface area contributed by atoms with E-state index in [1.165, 1.54) is 4.90 Å². The van der Waals surface area contributed by atoms with Crippen molar-refractivity contribution < 1.29 is 4.79 Å². The van der Waals surface area contributed by atoms with Gasteiger partial charge in [-0.25, -0.2) is 0 Å². The highest BCUT2D eigenvalue weighted by atomic mass is 79.9. The number of benzene rings is 1. The van der Waals surface area contributed by atoms with E-state index >= 15 is 0 Å². The zero-order valence-electron chi connectivity index (χ0n) is 9.86. The predicted octanol–water partition coefficient (Wildman–Crippen LogP) is 2.40. The molecule has 0 spiro atoms. The van der Waals surface area contributed by atoms with Crippen LogP contribution in [0.5, 0.6) is 0 Å². The molecule has 17 heavy (non-hydrogen) atoms. The molecule has 0 fully saturated rings. The Hall–Kier alpha value is -1.49. The second-order valence-corrected chi connectivity index (χ2v) is 5.01. The van der Waals surface area contributed by atoms with Gasteiger partial charge in [0.05, 0.1) is 5.52 Å². The Morgan fingerprint density at radius 2 is 1.94 bits per heavy atom. The zero-order chi connectivity index (χ0) is 12.6. The smallest absolute Gasteiger partial charge is 0.273 e. The minimum atomic E-state index is -0.142. The summed E-state index contributed by atoms with van der Waals surface area (Å²) in [4.78, 5) is 13.3. The third-order valence-electron chi connectivity index (χ3n) is 2.47. The van der Waals surface area contributed by atoms with Crippen molar-refractivity contribution in [3.8, 4) is 0 Å². The van der Waals surface area contributed by atoms with Crippen molar-refractivity contribution in [1.82, 2.24) is 15.1 Å². The fourth-order valence-electron chi connectivity index (χ4n) is 1.62. The van der Waals surface area contributed by atoms with E-state index in [1.807, 2.05) is 19.1 Å². The van der Waals surface area contributed by atoms with Gasteiger partial charge < -0.3 is 4.90 Å². The van der Waals surface area contributed by atoms with E-state index in [1.54, 1.807) is 20.2 Å². The van der Waals surface area contributed by atoms with Crippen LogP contribution in [0.4, 0.5) is 0 Å². The molecule has 0 saturated carbocycles. The first-order chi connectivity index (χ1) is 7.99. The number of carbonyl (C=O) groups excluding carboxylic acids is 1. The molecule has 0 N–H and O–H groups in total. The highest BCUT2D eigenvalue weighted by Gasteiger charge is 2.12. The molecule has 2 aromatic rings. The number of aryl methyl sites for hydroxylation is 1. The lowest BCUT2D eigenvalue weighted by Gasteiger charge is -2.09. The van der Waals surface area contributed by atoms with Gasteiger partial charge in [0.25, 0.3) is 5.91 Å². The van der Waals surface area contributed by atoms with Gasteiger partial charge in [0.2, 0.25) is 0 Å². The summed E-state index contributed by atoms with van der Waals surface area (Å²) in [5, 5.41) is 8.98. The fraction of sp³-hybridized carbons (Fsp3) is 0.250. The van der Waals surface area contributed by atoms with E-state index < -0.39 is 0 Å². The summed E-state index contributed by atoms with van der Waals surface area (Å²) in [7, 11) is 3.39. The summed E-state index contributed by atoms with van der Waals surface area (Å²) in [6, 6.07) is 5.68. The molecule has 1 aromatic heterocycles. The van der Waals surface area contributed by atoms with Gasteiger partial charge in [0.15, 0.2) is 5.69 Å². The number of amides is 1. The third kappa shape index (κ3) is 2.29. The number of hydrogen-bond donors (Lipinski definition) is 0. The molecule has 0 bridgehead atoms. The average molecular weight is 294 g/mol. The Morgan fingerprint density at radius 1 is 1.24 bits per heavy atom. The van der Waals surface area contributed by atoms with E-state index in [9.17, 15) is 4.79 Å². The number of fused-ring (bicyclic) bond motifs is 1. The molecule has 0 radical (unpaired) electrons. The normalized spacial score (nSPS) is 10.6. The quantitative estimate of drug-likeness (QED) is 0.811. The second kappa shape index (κ2) is 4.41. The van der Waals surface area contributed by atoms with E-state index in [4.69, 9.17) is 0 Å². The minimum absolute atomic E-state index is 0.142. The first-order valence-electron chi connectivity index (χ1n) is 5.14. The van der Waals surface area contributed by atoms with Crippen molar-refractivity contribution in [3.63, 3.8) is 0 Å². The summed E-state index contributed by atoms with van der Waals surface area (Å²) in [6.07, 6.45) is 0. The predicted molar refractivity (Wildman–Crippen MR) is 70.0 cm³/mol. The molecule has 1 amide bonds. The Bertz CT molecular complexity index is 596.